The second-order valence-electron chi connectivity index (χ2n) is 6.26. The van der Waals surface area contributed by atoms with Gasteiger partial charge in [-0.25, -0.2) is 0 Å². The molecule has 3 atom stereocenters. The standard InChI is InChI=1S/C16H28O6/c1-8-15(3,13(18)21-6)10-16(4,14(19)22-7)9-11(2)12(17)20-5/h11H,8-10H2,1-7H3. The average Bonchev–Trinajstić information content (AvgIpc) is 2.51. The summed E-state index contributed by atoms with van der Waals surface area (Å²) in [5, 5.41) is 0. The fourth-order valence-electron chi connectivity index (χ4n) is 2.88. The largest absolute Gasteiger partial charge is 0.469 e. The molecule has 0 aliphatic rings. The predicted molar refractivity (Wildman–Crippen MR) is 81.0 cm³/mol. The SMILES string of the molecule is CCC(C)(CC(C)(CC(C)C(=O)OC)C(=O)OC)C(=O)OC. The molecule has 0 N–H and O–H groups in total. The van der Waals surface area contributed by atoms with E-state index in [1.54, 1.807) is 20.8 Å². The van der Waals surface area contributed by atoms with Gasteiger partial charge in [-0.1, -0.05) is 13.8 Å². The maximum absolute atomic E-state index is 12.3. The van der Waals surface area contributed by atoms with E-state index in [0.717, 1.165) is 0 Å². The first-order valence-electron chi connectivity index (χ1n) is 7.35. The van der Waals surface area contributed by atoms with E-state index < -0.39 is 28.7 Å². The molecule has 0 radical (unpaired) electrons. The minimum Gasteiger partial charge on any atom is -0.469 e. The Morgan fingerprint density at radius 2 is 1.36 bits per heavy atom. The van der Waals surface area contributed by atoms with Crippen LogP contribution >= 0.6 is 0 Å². The summed E-state index contributed by atoms with van der Waals surface area (Å²) in [6.45, 7) is 7.00. The number of hydrogen-bond donors (Lipinski definition) is 0. The first-order valence-corrected chi connectivity index (χ1v) is 7.35. The number of ether oxygens (including phenoxy) is 3. The molecule has 6 heteroatoms. The molecular formula is C16H28O6. The zero-order valence-electron chi connectivity index (χ0n) is 14.6. The number of carbonyl (C=O) groups excluding carboxylic acids is 3. The number of esters is 3. The summed E-state index contributed by atoms with van der Waals surface area (Å²) in [6, 6.07) is 0. The van der Waals surface area contributed by atoms with E-state index in [4.69, 9.17) is 14.2 Å². The average molecular weight is 316 g/mol. The Labute approximate surface area is 132 Å². The van der Waals surface area contributed by atoms with Gasteiger partial charge < -0.3 is 14.2 Å². The summed E-state index contributed by atoms with van der Waals surface area (Å²) < 4.78 is 14.5. The van der Waals surface area contributed by atoms with Crippen molar-refractivity contribution in [2.24, 2.45) is 16.7 Å². The normalized spacial score (nSPS) is 17.6. The lowest BCUT2D eigenvalue weighted by molar-refractivity contribution is -0.162. The summed E-state index contributed by atoms with van der Waals surface area (Å²) in [6.07, 6.45) is 0.981. The molecule has 0 aromatic rings. The van der Waals surface area contributed by atoms with Crippen molar-refractivity contribution in [1.82, 2.24) is 0 Å². The fraction of sp³-hybridized carbons (Fsp3) is 0.812. The fourth-order valence-corrected chi connectivity index (χ4v) is 2.88. The molecule has 0 bridgehead atoms. The van der Waals surface area contributed by atoms with Gasteiger partial charge in [0.2, 0.25) is 0 Å². The summed E-state index contributed by atoms with van der Waals surface area (Å²) in [5.74, 6) is -1.71. The molecule has 0 saturated heterocycles. The molecule has 0 amide bonds. The van der Waals surface area contributed by atoms with Crippen molar-refractivity contribution in [3.05, 3.63) is 0 Å². The molecule has 0 aliphatic carbocycles. The Morgan fingerprint density at radius 1 is 0.909 bits per heavy atom. The summed E-state index contributed by atoms with van der Waals surface area (Å²) >= 11 is 0. The summed E-state index contributed by atoms with van der Waals surface area (Å²) in [4.78, 5) is 36.0. The molecule has 0 saturated carbocycles. The Bertz CT molecular complexity index is 419. The zero-order chi connectivity index (χ0) is 17.6. The topological polar surface area (TPSA) is 78.9 Å². The van der Waals surface area contributed by atoms with Crippen molar-refractivity contribution in [2.45, 2.75) is 47.0 Å². The third-order valence-electron chi connectivity index (χ3n) is 4.28. The molecule has 0 rings (SSSR count). The maximum atomic E-state index is 12.3. The van der Waals surface area contributed by atoms with E-state index in [-0.39, 0.29) is 18.8 Å². The molecule has 0 aliphatic heterocycles. The van der Waals surface area contributed by atoms with Gasteiger partial charge in [0.05, 0.1) is 38.1 Å². The number of rotatable bonds is 8. The van der Waals surface area contributed by atoms with Crippen LogP contribution in [0.3, 0.4) is 0 Å². The molecule has 0 fully saturated rings. The lowest BCUT2D eigenvalue weighted by Crippen LogP contribution is -2.41. The summed E-state index contributed by atoms with van der Waals surface area (Å²) in [5.41, 5.74) is -1.81. The predicted octanol–water partition coefficient (Wildman–Crippen LogP) is 2.34. The van der Waals surface area contributed by atoms with Crippen molar-refractivity contribution in [3.8, 4) is 0 Å². The minimum absolute atomic E-state index is 0.233. The quantitative estimate of drug-likeness (QED) is 0.505. The van der Waals surface area contributed by atoms with E-state index in [0.29, 0.717) is 6.42 Å². The maximum Gasteiger partial charge on any atom is 0.311 e. The lowest BCUT2D eigenvalue weighted by Gasteiger charge is -2.36. The Balaban J connectivity index is 5.48. The first-order chi connectivity index (χ1) is 10.1. The van der Waals surface area contributed by atoms with Crippen LogP contribution in [0.1, 0.15) is 47.0 Å². The van der Waals surface area contributed by atoms with Crippen LogP contribution in [0, 0.1) is 16.7 Å². The van der Waals surface area contributed by atoms with Crippen LogP contribution in [-0.2, 0) is 28.6 Å². The first kappa shape index (κ1) is 20.4. The number of carbonyl (C=O) groups is 3. The van der Waals surface area contributed by atoms with Crippen molar-refractivity contribution in [1.29, 1.82) is 0 Å². The second-order valence-corrected chi connectivity index (χ2v) is 6.26. The smallest absolute Gasteiger partial charge is 0.311 e. The van der Waals surface area contributed by atoms with Gasteiger partial charge in [-0.2, -0.15) is 0 Å². The summed E-state index contributed by atoms with van der Waals surface area (Å²) in [7, 11) is 3.92. The molecule has 0 aromatic heterocycles. The van der Waals surface area contributed by atoms with E-state index in [2.05, 4.69) is 0 Å². The lowest BCUT2D eigenvalue weighted by atomic mass is 9.68. The van der Waals surface area contributed by atoms with Gasteiger partial charge in [0.15, 0.2) is 0 Å². The van der Waals surface area contributed by atoms with Crippen molar-refractivity contribution in [2.75, 3.05) is 21.3 Å². The van der Waals surface area contributed by atoms with Gasteiger partial charge in [0.1, 0.15) is 0 Å². The van der Waals surface area contributed by atoms with Crippen LogP contribution in [0.15, 0.2) is 0 Å². The van der Waals surface area contributed by atoms with Gasteiger partial charge in [0.25, 0.3) is 0 Å². The van der Waals surface area contributed by atoms with Gasteiger partial charge >= 0.3 is 17.9 Å². The monoisotopic (exact) mass is 316 g/mol. The van der Waals surface area contributed by atoms with Gasteiger partial charge in [0, 0.05) is 0 Å². The highest BCUT2D eigenvalue weighted by atomic mass is 16.5. The Kier molecular flexibility index (Phi) is 7.56. The van der Waals surface area contributed by atoms with Crippen molar-refractivity contribution in [3.63, 3.8) is 0 Å². The van der Waals surface area contributed by atoms with Gasteiger partial charge in [-0.3, -0.25) is 14.4 Å². The number of methoxy groups -OCH3 is 3. The molecule has 22 heavy (non-hydrogen) atoms. The molecule has 0 aromatic carbocycles. The van der Waals surface area contributed by atoms with Crippen LogP contribution in [0.5, 0.6) is 0 Å². The highest BCUT2D eigenvalue weighted by Crippen LogP contribution is 2.42. The van der Waals surface area contributed by atoms with Crippen LogP contribution in [0.25, 0.3) is 0 Å². The molecule has 128 valence electrons. The second kappa shape index (κ2) is 8.15. The Hall–Kier alpha value is -1.59. The van der Waals surface area contributed by atoms with Crippen LogP contribution in [0.4, 0.5) is 0 Å². The van der Waals surface area contributed by atoms with Crippen LogP contribution in [0.2, 0.25) is 0 Å². The number of hydrogen-bond acceptors (Lipinski definition) is 6. The minimum atomic E-state index is -0.985. The van der Waals surface area contributed by atoms with Gasteiger partial charge in [-0.15, -0.1) is 0 Å². The van der Waals surface area contributed by atoms with Crippen molar-refractivity contribution >= 4 is 17.9 Å². The van der Waals surface area contributed by atoms with E-state index >= 15 is 0 Å². The molecule has 0 spiro atoms. The zero-order valence-corrected chi connectivity index (χ0v) is 14.6. The van der Waals surface area contributed by atoms with Crippen molar-refractivity contribution < 1.29 is 28.6 Å². The molecule has 0 heterocycles. The molecule has 3 unspecified atom stereocenters. The van der Waals surface area contributed by atoms with E-state index in [1.165, 1.54) is 21.3 Å². The molecular weight excluding hydrogens is 288 g/mol. The van der Waals surface area contributed by atoms with Gasteiger partial charge in [-0.05, 0) is 33.1 Å². The molecule has 6 nitrogen and oxygen atoms in total. The third kappa shape index (κ3) is 4.71. The third-order valence-corrected chi connectivity index (χ3v) is 4.28. The van der Waals surface area contributed by atoms with E-state index in [1.807, 2.05) is 6.92 Å². The van der Waals surface area contributed by atoms with E-state index in [9.17, 15) is 14.4 Å². The highest BCUT2D eigenvalue weighted by Gasteiger charge is 2.46. The van der Waals surface area contributed by atoms with Crippen LogP contribution in [-0.4, -0.2) is 39.2 Å². The Morgan fingerprint density at radius 3 is 1.73 bits per heavy atom. The van der Waals surface area contributed by atoms with Crippen LogP contribution < -0.4 is 0 Å². The highest BCUT2D eigenvalue weighted by molar-refractivity contribution is 5.81.